The molecule has 89 heavy (non-hydrogen) atoms. The van der Waals surface area contributed by atoms with Crippen molar-refractivity contribution in [2.45, 2.75) is 350 Å². The van der Waals surface area contributed by atoms with Gasteiger partial charge >= 0.3 is 35.8 Å². The number of aliphatic carboxylic acids is 6. The number of aliphatic hydroxyl groups excluding tert-OH is 6. The number of unbranched alkanes of at least 4 members (excludes halogenated alkanes) is 36. The van der Waals surface area contributed by atoms with E-state index in [0.717, 1.165) is 77.0 Å². The summed E-state index contributed by atoms with van der Waals surface area (Å²) in [4.78, 5) is 60.8. The minimum Gasteiger partial charge on any atom is -0.481 e. The van der Waals surface area contributed by atoms with Crippen LogP contribution in [0.25, 0.3) is 0 Å². The van der Waals surface area contributed by atoms with Crippen LogP contribution >= 0.6 is 0 Å². The van der Waals surface area contributed by atoms with Crippen LogP contribution in [-0.2, 0) is 33.5 Å². The molecule has 0 radical (unpaired) electrons. The third kappa shape index (κ3) is 98.3. The molecule has 0 rings (SSSR count). The van der Waals surface area contributed by atoms with Crippen molar-refractivity contribution in [3.05, 3.63) is 0 Å². The van der Waals surface area contributed by atoms with Crippen molar-refractivity contribution in [1.82, 2.24) is 0 Å². The van der Waals surface area contributed by atoms with E-state index in [1.54, 1.807) is 0 Å². The predicted octanol–water partition coefficient (Wildman–Crippen LogP) is 16.2. The molecule has 0 unspecified atom stereocenters. The van der Waals surface area contributed by atoms with Crippen LogP contribution in [0.15, 0.2) is 0 Å². The molecule has 0 aliphatic heterocycles. The number of carbonyl (C=O) groups is 6. The van der Waals surface area contributed by atoms with E-state index in [-0.39, 0.29) is 13.2 Å². The molecular weight excluding hydrogens is 1140 g/mol. The first-order chi connectivity index (χ1) is 42.7. The van der Waals surface area contributed by atoms with E-state index < -0.39 is 86.3 Å². The highest BCUT2D eigenvalue weighted by Crippen LogP contribution is 2.20. The maximum absolute atomic E-state index is 10.1. The van der Waals surface area contributed by atoms with E-state index in [2.05, 4.69) is 41.5 Å². The summed E-state index contributed by atoms with van der Waals surface area (Å²) >= 11 is 0. The quantitative estimate of drug-likeness (QED) is 0.0252. The van der Waals surface area contributed by atoms with Crippen LogP contribution in [0.5, 0.6) is 0 Å². The molecule has 12 N–H and O–H groups in total. The fraction of sp³-hybridized carbons (Fsp3) is 0.914. The third-order valence-electron chi connectivity index (χ3n) is 14.8. The Morgan fingerprint density at radius 1 is 0.213 bits per heavy atom. The van der Waals surface area contributed by atoms with E-state index in [1.807, 2.05) is 0 Å². The maximum atomic E-state index is 10.1. The van der Waals surface area contributed by atoms with Crippen molar-refractivity contribution in [3.63, 3.8) is 0 Å². The number of aliphatic hydroxyl groups is 6. The largest absolute Gasteiger partial charge is 0.481 e. The van der Waals surface area contributed by atoms with Gasteiger partial charge in [-0.2, -0.15) is 0 Å². The Labute approximate surface area is 542 Å². The van der Waals surface area contributed by atoms with E-state index in [9.17, 15) is 28.8 Å². The van der Waals surface area contributed by atoms with Gasteiger partial charge in [0.15, 0.2) is 0 Å². The lowest BCUT2D eigenvalue weighted by atomic mass is 9.91. The molecule has 0 aliphatic rings. The minimum atomic E-state index is -1.16. The van der Waals surface area contributed by atoms with Crippen molar-refractivity contribution in [2.24, 2.45) is 10.8 Å². The van der Waals surface area contributed by atoms with Crippen molar-refractivity contribution in [1.29, 1.82) is 0 Å². The molecule has 19 nitrogen and oxygen atoms in total. The van der Waals surface area contributed by atoms with Crippen LogP contribution in [0.2, 0.25) is 0 Å². The minimum absolute atomic E-state index is 0.141. The average molecular weight is 1290 g/mol. The molecule has 0 bridgehead atoms. The molecule has 0 amide bonds. The van der Waals surface area contributed by atoms with E-state index in [0.29, 0.717) is 38.5 Å². The summed E-state index contributed by atoms with van der Waals surface area (Å²) in [5, 5.41) is 104. The van der Waals surface area contributed by atoms with Gasteiger partial charge in [0.05, 0.1) is 63.7 Å². The van der Waals surface area contributed by atoms with E-state index >= 15 is 0 Å². The highest BCUT2D eigenvalue weighted by atomic mass is 16.5. The van der Waals surface area contributed by atoms with Crippen LogP contribution in [-0.4, -0.2) is 150 Å². The van der Waals surface area contributed by atoms with Gasteiger partial charge in [-0.25, -0.2) is 0 Å². The summed E-state index contributed by atoms with van der Waals surface area (Å²) in [5.41, 5.74) is -2.32. The SMILES string of the molecule is CCCCCCCCCC(=O)O.CCCCCCCCCC(=O)O.CCCCCCCCCC(=O)O.CCCCCCCCCC(=O)O.CCCCCCCCCC(=O)O.CCCCCCCCCC(=O)O.OCC(CO)(CO)COCC(CO)(CO)CO. The van der Waals surface area contributed by atoms with Gasteiger partial charge in [0.25, 0.3) is 0 Å². The summed E-state index contributed by atoms with van der Waals surface area (Å²) in [7, 11) is 0. The summed E-state index contributed by atoms with van der Waals surface area (Å²) < 4.78 is 5.15. The van der Waals surface area contributed by atoms with Gasteiger partial charge in [-0.05, 0) is 38.5 Å². The lowest BCUT2D eigenvalue weighted by Gasteiger charge is -2.31. The van der Waals surface area contributed by atoms with Gasteiger partial charge in [-0.3, -0.25) is 28.8 Å². The Kier molecular flexibility index (Phi) is 94.1. The molecule has 0 aliphatic carbocycles. The first-order valence-electron chi connectivity index (χ1n) is 35.2. The van der Waals surface area contributed by atoms with Gasteiger partial charge < -0.3 is 66.0 Å². The molecule has 19 heteroatoms. The van der Waals surface area contributed by atoms with Crippen LogP contribution in [0.1, 0.15) is 350 Å². The zero-order valence-electron chi connectivity index (χ0n) is 57.8. The smallest absolute Gasteiger partial charge is 0.303 e. The fourth-order valence-corrected chi connectivity index (χ4v) is 8.46. The van der Waals surface area contributed by atoms with Gasteiger partial charge in [0.2, 0.25) is 0 Å². The fourth-order valence-electron chi connectivity index (χ4n) is 8.46. The molecule has 0 spiro atoms. The molecule has 0 saturated heterocycles. The topological polar surface area (TPSA) is 354 Å². The molecule has 0 aromatic carbocycles. The summed E-state index contributed by atoms with van der Waals surface area (Å²) in [6.07, 6.45) is 51.9. The highest BCUT2D eigenvalue weighted by Gasteiger charge is 2.33. The van der Waals surface area contributed by atoms with Crippen molar-refractivity contribution < 1.29 is 94.8 Å². The lowest BCUT2D eigenvalue weighted by Crippen LogP contribution is -2.43. The van der Waals surface area contributed by atoms with Crippen LogP contribution in [0.3, 0.4) is 0 Å². The van der Waals surface area contributed by atoms with Crippen LogP contribution in [0, 0.1) is 10.8 Å². The van der Waals surface area contributed by atoms with Crippen LogP contribution < -0.4 is 0 Å². The Morgan fingerprint density at radius 3 is 0.427 bits per heavy atom. The second-order valence-corrected chi connectivity index (χ2v) is 24.0. The molecular formula is C70H142O19. The Morgan fingerprint density at radius 2 is 0.326 bits per heavy atom. The highest BCUT2D eigenvalue weighted by molar-refractivity contribution is 5.68. The summed E-state index contributed by atoms with van der Waals surface area (Å²) in [5.74, 6) is -3.98. The number of carboxylic acid groups (broad SMARTS) is 6. The Bertz CT molecular complexity index is 1190. The van der Waals surface area contributed by atoms with Gasteiger partial charge in [0, 0.05) is 38.5 Å². The molecule has 0 heterocycles. The molecule has 0 aromatic heterocycles. The third-order valence-corrected chi connectivity index (χ3v) is 14.8. The molecule has 0 atom stereocenters. The zero-order chi connectivity index (χ0) is 68.8. The molecule has 0 fully saturated rings. The van der Waals surface area contributed by atoms with E-state index in [4.69, 9.17) is 66.0 Å². The first kappa shape index (κ1) is 99.1. The predicted molar refractivity (Wildman–Crippen MR) is 360 cm³/mol. The summed E-state index contributed by atoms with van der Waals surface area (Å²) in [6.45, 7) is 10.2. The zero-order valence-corrected chi connectivity index (χ0v) is 57.8. The standard InChI is InChI=1S/C10H22O7.6C10H20O2/c11-1-9(2-12,3-13)7-17-8-10(4-14,5-15)6-16;6*1-2-3-4-5-6-7-8-9-10(11)12/h11-16H,1-8H2;6*2-9H2,1H3,(H,11,12). The lowest BCUT2D eigenvalue weighted by molar-refractivity contribution is -0.138. The molecule has 536 valence electrons. The van der Waals surface area contributed by atoms with Gasteiger partial charge in [0.1, 0.15) is 0 Å². The number of rotatable bonds is 58. The monoisotopic (exact) mass is 1290 g/mol. The van der Waals surface area contributed by atoms with Gasteiger partial charge in [-0.15, -0.1) is 0 Å². The Balaban J connectivity index is -0.000000177. The average Bonchev–Trinajstić information content (AvgIpc) is 3.63. The molecule has 0 saturated carbocycles. The number of carboxylic acids is 6. The number of ether oxygens (including phenoxy) is 1. The normalized spacial score (nSPS) is 10.7. The second-order valence-electron chi connectivity index (χ2n) is 24.0. The Hall–Kier alpha value is -3.46. The van der Waals surface area contributed by atoms with Crippen molar-refractivity contribution >= 4 is 35.8 Å². The van der Waals surface area contributed by atoms with E-state index in [1.165, 1.54) is 193 Å². The number of hydrogen-bond acceptors (Lipinski definition) is 13. The first-order valence-corrected chi connectivity index (χ1v) is 35.2. The van der Waals surface area contributed by atoms with Crippen molar-refractivity contribution in [3.8, 4) is 0 Å². The van der Waals surface area contributed by atoms with Gasteiger partial charge in [-0.1, -0.05) is 273 Å². The molecule has 0 aromatic rings. The summed E-state index contributed by atoms with van der Waals surface area (Å²) in [6, 6.07) is 0. The number of hydrogen-bond donors (Lipinski definition) is 12. The second kappa shape index (κ2) is 84.5. The van der Waals surface area contributed by atoms with Crippen LogP contribution in [0.4, 0.5) is 0 Å². The van der Waals surface area contributed by atoms with Crippen molar-refractivity contribution in [2.75, 3.05) is 52.9 Å². The maximum Gasteiger partial charge on any atom is 0.303 e.